The van der Waals surface area contributed by atoms with Crippen molar-refractivity contribution in [3.63, 3.8) is 0 Å². The Hall–Kier alpha value is -3.99. The summed E-state index contributed by atoms with van der Waals surface area (Å²) in [5, 5.41) is 11.2. The van der Waals surface area contributed by atoms with Crippen LogP contribution in [0.4, 0.5) is 4.39 Å². The minimum Gasteiger partial charge on any atom is -0.493 e. The third-order valence-corrected chi connectivity index (χ3v) is 5.62. The minimum atomic E-state index is -0.439. The molecular formula is C22H21FN6O4. The normalized spacial score (nSPS) is 19.7. The lowest BCUT2D eigenvalue weighted by molar-refractivity contribution is -0.137. The number of methoxy groups -OCH3 is 2. The molecule has 0 spiro atoms. The smallest absolute Gasteiger partial charge is 0.267 e. The second-order valence-corrected chi connectivity index (χ2v) is 7.60. The number of fused-ring (bicyclic) bond motifs is 1. The number of hydrazone groups is 1. The monoisotopic (exact) mass is 452 g/mol. The fraction of sp³-hybridized carbons (Fsp3) is 0.273. The second kappa shape index (κ2) is 8.51. The largest absolute Gasteiger partial charge is 0.493 e. The first kappa shape index (κ1) is 20.9. The van der Waals surface area contributed by atoms with Crippen LogP contribution >= 0.6 is 0 Å². The fourth-order valence-corrected chi connectivity index (χ4v) is 3.90. The van der Waals surface area contributed by atoms with Crippen LogP contribution in [0.5, 0.6) is 11.5 Å². The summed E-state index contributed by atoms with van der Waals surface area (Å²) in [7, 11) is 3.11. The molecule has 1 amide bonds. The molecule has 1 aromatic heterocycles. The predicted molar refractivity (Wildman–Crippen MR) is 114 cm³/mol. The van der Waals surface area contributed by atoms with Gasteiger partial charge in [0.1, 0.15) is 24.7 Å². The first-order valence-electron chi connectivity index (χ1n) is 10.3. The molecule has 2 atom stereocenters. The summed E-state index contributed by atoms with van der Waals surface area (Å²) in [6.45, 7) is 0.0428. The molecule has 10 nitrogen and oxygen atoms in total. The number of aromatic nitrogens is 2. The van der Waals surface area contributed by atoms with E-state index in [0.717, 1.165) is 5.56 Å². The number of carbonyl (C=O) groups excluding carboxylic acids is 1. The third-order valence-electron chi connectivity index (χ3n) is 5.62. The van der Waals surface area contributed by atoms with E-state index in [1.165, 1.54) is 17.1 Å². The molecule has 0 bridgehead atoms. The summed E-state index contributed by atoms with van der Waals surface area (Å²) in [6, 6.07) is 11.0. The van der Waals surface area contributed by atoms with E-state index < -0.39 is 6.04 Å². The number of benzene rings is 2. The van der Waals surface area contributed by atoms with Crippen molar-refractivity contribution in [1.82, 2.24) is 25.6 Å². The van der Waals surface area contributed by atoms with Crippen LogP contribution in [0, 0.1) is 5.82 Å². The van der Waals surface area contributed by atoms with Gasteiger partial charge in [-0.2, -0.15) is 10.1 Å². The highest BCUT2D eigenvalue weighted by atomic mass is 19.1. The number of rotatable bonds is 6. The van der Waals surface area contributed by atoms with Crippen molar-refractivity contribution < 1.29 is 23.2 Å². The molecule has 11 heteroatoms. The van der Waals surface area contributed by atoms with E-state index in [4.69, 9.17) is 14.0 Å². The van der Waals surface area contributed by atoms with Gasteiger partial charge in [-0.3, -0.25) is 9.80 Å². The summed E-state index contributed by atoms with van der Waals surface area (Å²) in [5.41, 5.74) is 4.81. The van der Waals surface area contributed by atoms with Gasteiger partial charge in [0, 0.05) is 5.56 Å². The molecular weight excluding hydrogens is 431 g/mol. The maximum Gasteiger partial charge on any atom is 0.267 e. The Morgan fingerprint density at radius 1 is 1.15 bits per heavy atom. The van der Waals surface area contributed by atoms with Gasteiger partial charge < -0.3 is 14.0 Å². The SMILES string of the molecule is COc1ccc(-c2noc(CN3N=CN4NC(c5ccc(F)cc5)CC4C3=O)n2)cc1OC. The Kier molecular flexibility index (Phi) is 5.38. The standard InChI is InChI=1S/C22H21FN6O4/c1-31-18-8-5-14(9-19(18)32-2)21-25-20(33-27-21)11-28-22(30)17-10-16(26-29(17)12-24-28)13-3-6-15(23)7-4-13/h3-9,12,16-17,26H,10-11H2,1-2H3. The Bertz CT molecular complexity index is 1200. The Balaban J connectivity index is 1.28. The fourth-order valence-electron chi connectivity index (χ4n) is 3.90. The number of hydrogen-bond acceptors (Lipinski definition) is 9. The van der Waals surface area contributed by atoms with Gasteiger partial charge in [0.25, 0.3) is 5.91 Å². The van der Waals surface area contributed by atoms with Crippen molar-refractivity contribution in [1.29, 1.82) is 0 Å². The van der Waals surface area contributed by atoms with Gasteiger partial charge in [-0.1, -0.05) is 17.3 Å². The molecule has 3 aromatic rings. The molecule has 2 aromatic carbocycles. The quantitative estimate of drug-likeness (QED) is 0.608. The van der Waals surface area contributed by atoms with Crippen LogP contribution in [0.2, 0.25) is 0 Å². The first-order chi connectivity index (χ1) is 16.1. The minimum absolute atomic E-state index is 0.0428. The molecule has 0 aliphatic carbocycles. The molecule has 3 heterocycles. The maximum absolute atomic E-state index is 13.2. The lowest BCUT2D eigenvalue weighted by atomic mass is 10.0. The zero-order valence-corrected chi connectivity index (χ0v) is 17.9. The van der Waals surface area contributed by atoms with E-state index >= 15 is 0 Å². The number of ether oxygens (including phenoxy) is 2. The number of nitrogens with zero attached hydrogens (tertiary/aromatic N) is 5. The highest BCUT2D eigenvalue weighted by molar-refractivity contribution is 5.87. The lowest BCUT2D eigenvalue weighted by Gasteiger charge is -2.29. The zero-order valence-electron chi connectivity index (χ0n) is 17.9. The average molecular weight is 452 g/mol. The van der Waals surface area contributed by atoms with Crippen LogP contribution in [-0.2, 0) is 11.3 Å². The van der Waals surface area contributed by atoms with Crippen molar-refractivity contribution in [2.24, 2.45) is 5.10 Å². The van der Waals surface area contributed by atoms with Crippen molar-refractivity contribution in [3.8, 4) is 22.9 Å². The van der Waals surface area contributed by atoms with Gasteiger partial charge >= 0.3 is 0 Å². The van der Waals surface area contributed by atoms with Crippen molar-refractivity contribution in [2.45, 2.75) is 25.0 Å². The van der Waals surface area contributed by atoms with E-state index in [1.807, 2.05) is 0 Å². The molecule has 33 heavy (non-hydrogen) atoms. The summed E-state index contributed by atoms with van der Waals surface area (Å²) in [6.07, 6.45) is 2.08. The Labute approximate surface area is 188 Å². The van der Waals surface area contributed by atoms with Crippen LogP contribution in [0.25, 0.3) is 11.4 Å². The van der Waals surface area contributed by atoms with E-state index in [-0.39, 0.29) is 30.2 Å². The van der Waals surface area contributed by atoms with E-state index in [2.05, 4.69) is 20.7 Å². The van der Waals surface area contributed by atoms with Crippen LogP contribution in [0.3, 0.4) is 0 Å². The third kappa shape index (κ3) is 3.98. The van der Waals surface area contributed by atoms with Crippen LogP contribution in [-0.4, -0.2) is 52.7 Å². The molecule has 2 unspecified atom stereocenters. The predicted octanol–water partition coefficient (Wildman–Crippen LogP) is 2.50. The maximum atomic E-state index is 13.2. The number of hydrazine groups is 1. The lowest BCUT2D eigenvalue weighted by Crippen LogP contribution is -2.50. The van der Waals surface area contributed by atoms with E-state index in [9.17, 15) is 9.18 Å². The average Bonchev–Trinajstić information content (AvgIpc) is 3.49. The van der Waals surface area contributed by atoms with E-state index in [1.54, 1.807) is 55.9 Å². The first-order valence-corrected chi connectivity index (χ1v) is 10.3. The molecule has 0 radical (unpaired) electrons. The summed E-state index contributed by atoms with van der Waals surface area (Å²) in [5.74, 6) is 1.25. The van der Waals surface area contributed by atoms with Gasteiger partial charge in [0.05, 0.1) is 20.3 Å². The van der Waals surface area contributed by atoms with E-state index in [0.29, 0.717) is 29.3 Å². The highest BCUT2D eigenvalue weighted by Crippen LogP contribution is 2.32. The Morgan fingerprint density at radius 2 is 1.94 bits per heavy atom. The highest BCUT2D eigenvalue weighted by Gasteiger charge is 2.41. The zero-order chi connectivity index (χ0) is 22.9. The van der Waals surface area contributed by atoms with Crippen molar-refractivity contribution in [3.05, 3.63) is 59.7 Å². The number of nitrogens with one attached hydrogen (secondary N) is 1. The van der Waals surface area contributed by atoms with Crippen molar-refractivity contribution >= 4 is 12.2 Å². The second-order valence-electron chi connectivity index (χ2n) is 7.60. The van der Waals surface area contributed by atoms with Gasteiger partial charge in [0.15, 0.2) is 11.5 Å². The molecule has 1 saturated heterocycles. The topological polar surface area (TPSA) is 105 Å². The van der Waals surface area contributed by atoms with Crippen LogP contribution < -0.4 is 14.9 Å². The van der Waals surface area contributed by atoms with Gasteiger partial charge in [-0.15, -0.1) is 0 Å². The van der Waals surface area contributed by atoms with Gasteiger partial charge in [-0.25, -0.2) is 14.8 Å². The molecule has 1 fully saturated rings. The number of carbonyl (C=O) groups is 1. The molecule has 2 aliphatic heterocycles. The molecule has 0 saturated carbocycles. The number of amides is 1. The summed E-state index contributed by atoms with van der Waals surface area (Å²) >= 11 is 0. The summed E-state index contributed by atoms with van der Waals surface area (Å²) in [4.78, 5) is 17.4. The summed E-state index contributed by atoms with van der Waals surface area (Å²) < 4.78 is 29.1. The molecule has 5 rings (SSSR count). The number of hydrogen-bond donors (Lipinski definition) is 1. The van der Waals surface area contributed by atoms with Crippen LogP contribution in [0.1, 0.15) is 23.9 Å². The van der Waals surface area contributed by atoms with Crippen molar-refractivity contribution in [2.75, 3.05) is 14.2 Å². The van der Waals surface area contributed by atoms with Gasteiger partial charge in [0.2, 0.25) is 11.7 Å². The van der Waals surface area contributed by atoms with Crippen LogP contribution in [0.15, 0.2) is 52.1 Å². The molecule has 1 N–H and O–H groups in total. The van der Waals surface area contributed by atoms with Gasteiger partial charge in [-0.05, 0) is 42.3 Å². The Morgan fingerprint density at radius 3 is 2.70 bits per heavy atom. The molecule has 170 valence electrons. The number of halogens is 1. The molecule has 2 aliphatic rings.